The quantitative estimate of drug-likeness (QED) is 0.743. The van der Waals surface area contributed by atoms with E-state index in [-0.39, 0.29) is 19.2 Å². The van der Waals surface area contributed by atoms with E-state index in [2.05, 4.69) is 38.0 Å². The SMILES string of the molecule is COCc1noc(CNC(=O)Nc2ccnn2C[C@H]2CC=CCC2)n1. The van der Waals surface area contributed by atoms with Gasteiger partial charge in [0.25, 0.3) is 0 Å². The predicted octanol–water partition coefficient (Wildman–Crippen LogP) is 2.09. The van der Waals surface area contributed by atoms with Crippen LogP contribution in [0, 0.1) is 5.92 Å². The van der Waals surface area contributed by atoms with Gasteiger partial charge >= 0.3 is 6.03 Å². The standard InChI is InChI=1S/C16H22N6O3/c1-24-11-13-19-15(25-21-13)9-17-16(23)20-14-7-8-18-22(14)10-12-5-3-2-4-6-12/h2-3,7-8,12H,4-6,9-11H2,1H3,(H2,17,20,23)/t12-/m0/s1. The van der Waals surface area contributed by atoms with Crippen molar-refractivity contribution in [1.82, 2.24) is 25.2 Å². The van der Waals surface area contributed by atoms with E-state index in [1.54, 1.807) is 19.4 Å². The Morgan fingerprint density at radius 1 is 1.48 bits per heavy atom. The molecule has 2 heterocycles. The molecule has 1 atom stereocenters. The number of methoxy groups -OCH3 is 1. The number of hydrogen-bond donors (Lipinski definition) is 2. The maximum absolute atomic E-state index is 12.1. The zero-order valence-electron chi connectivity index (χ0n) is 14.1. The van der Waals surface area contributed by atoms with E-state index in [4.69, 9.17) is 9.26 Å². The molecule has 0 saturated heterocycles. The molecule has 0 saturated carbocycles. The third-order valence-corrected chi connectivity index (χ3v) is 3.95. The predicted molar refractivity (Wildman–Crippen MR) is 89.6 cm³/mol. The number of rotatable bonds is 7. The molecule has 3 rings (SSSR count). The molecule has 0 spiro atoms. The number of nitrogens with zero attached hydrogens (tertiary/aromatic N) is 4. The molecule has 25 heavy (non-hydrogen) atoms. The van der Waals surface area contributed by atoms with Crippen molar-refractivity contribution in [2.75, 3.05) is 12.4 Å². The molecule has 9 heteroatoms. The van der Waals surface area contributed by atoms with E-state index < -0.39 is 0 Å². The molecule has 0 aliphatic heterocycles. The van der Waals surface area contributed by atoms with Gasteiger partial charge in [-0.2, -0.15) is 10.1 Å². The van der Waals surface area contributed by atoms with Crippen LogP contribution in [0.1, 0.15) is 31.0 Å². The molecule has 0 aromatic carbocycles. The van der Waals surface area contributed by atoms with Gasteiger partial charge in [0.15, 0.2) is 5.82 Å². The summed E-state index contributed by atoms with van der Waals surface area (Å²) in [5.74, 6) is 1.98. The minimum absolute atomic E-state index is 0.143. The Labute approximate surface area is 145 Å². The zero-order chi connectivity index (χ0) is 17.5. The first kappa shape index (κ1) is 17.2. The lowest BCUT2D eigenvalue weighted by molar-refractivity contribution is 0.174. The van der Waals surface area contributed by atoms with E-state index in [1.807, 2.05) is 4.68 Å². The Balaban J connectivity index is 1.49. The molecule has 0 unspecified atom stereocenters. The summed E-state index contributed by atoms with van der Waals surface area (Å²) in [5, 5.41) is 13.5. The van der Waals surface area contributed by atoms with Gasteiger partial charge in [0.2, 0.25) is 5.89 Å². The number of aromatic nitrogens is 4. The average molecular weight is 346 g/mol. The first-order valence-corrected chi connectivity index (χ1v) is 8.26. The number of hydrogen-bond acceptors (Lipinski definition) is 6. The topological polar surface area (TPSA) is 107 Å². The van der Waals surface area contributed by atoms with E-state index >= 15 is 0 Å². The highest BCUT2D eigenvalue weighted by Crippen LogP contribution is 2.21. The van der Waals surface area contributed by atoms with Gasteiger partial charge in [0.1, 0.15) is 12.4 Å². The van der Waals surface area contributed by atoms with Gasteiger partial charge in [0, 0.05) is 19.7 Å². The second-order valence-corrected chi connectivity index (χ2v) is 5.89. The normalized spacial score (nSPS) is 16.8. The molecular weight excluding hydrogens is 324 g/mol. The van der Waals surface area contributed by atoms with Crippen LogP contribution in [0.3, 0.4) is 0 Å². The van der Waals surface area contributed by atoms with Crippen molar-refractivity contribution in [2.45, 2.75) is 39.0 Å². The second kappa shape index (κ2) is 8.43. The van der Waals surface area contributed by atoms with Crippen LogP contribution in [-0.2, 0) is 24.4 Å². The summed E-state index contributed by atoms with van der Waals surface area (Å²) in [6, 6.07) is 1.43. The Hall–Kier alpha value is -2.68. The first-order chi connectivity index (χ1) is 12.2. The van der Waals surface area contributed by atoms with Crippen molar-refractivity contribution in [3.05, 3.63) is 36.1 Å². The highest BCUT2D eigenvalue weighted by molar-refractivity contribution is 5.88. The number of allylic oxidation sites excluding steroid dienone is 2. The summed E-state index contributed by atoms with van der Waals surface area (Å²) in [5.41, 5.74) is 0. The van der Waals surface area contributed by atoms with Crippen LogP contribution in [0.4, 0.5) is 10.6 Å². The maximum atomic E-state index is 12.1. The second-order valence-electron chi connectivity index (χ2n) is 5.89. The fourth-order valence-electron chi connectivity index (χ4n) is 2.72. The Kier molecular flexibility index (Phi) is 5.78. The maximum Gasteiger partial charge on any atom is 0.320 e. The fraction of sp³-hybridized carbons (Fsp3) is 0.500. The summed E-state index contributed by atoms with van der Waals surface area (Å²) in [6.45, 7) is 1.20. The number of carbonyl (C=O) groups excluding carboxylic acids is 1. The summed E-state index contributed by atoms with van der Waals surface area (Å²) >= 11 is 0. The van der Waals surface area contributed by atoms with Gasteiger partial charge in [0.05, 0.1) is 12.7 Å². The molecule has 2 N–H and O–H groups in total. The molecule has 1 aliphatic carbocycles. The van der Waals surface area contributed by atoms with Gasteiger partial charge < -0.3 is 14.6 Å². The molecule has 2 aromatic heterocycles. The van der Waals surface area contributed by atoms with Crippen LogP contribution in [-0.4, -0.2) is 33.1 Å². The van der Waals surface area contributed by atoms with Crippen molar-refractivity contribution in [1.29, 1.82) is 0 Å². The van der Waals surface area contributed by atoms with Gasteiger partial charge in [-0.25, -0.2) is 9.48 Å². The Morgan fingerprint density at radius 3 is 3.20 bits per heavy atom. The number of amides is 2. The van der Waals surface area contributed by atoms with E-state index in [1.165, 1.54) is 0 Å². The van der Waals surface area contributed by atoms with Crippen LogP contribution in [0.2, 0.25) is 0 Å². The van der Waals surface area contributed by atoms with Gasteiger partial charge in [-0.1, -0.05) is 17.3 Å². The van der Waals surface area contributed by atoms with Crippen LogP contribution in [0.25, 0.3) is 0 Å². The molecule has 9 nitrogen and oxygen atoms in total. The number of nitrogens with one attached hydrogen (secondary N) is 2. The molecular formula is C16H22N6O3. The van der Waals surface area contributed by atoms with E-state index in [9.17, 15) is 4.79 Å². The molecule has 1 aliphatic rings. The van der Waals surface area contributed by atoms with Crippen molar-refractivity contribution >= 4 is 11.8 Å². The highest BCUT2D eigenvalue weighted by Gasteiger charge is 2.14. The number of urea groups is 1. The minimum Gasteiger partial charge on any atom is -0.377 e. The van der Waals surface area contributed by atoms with Crippen LogP contribution < -0.4 is 10.6 Å². The number of carbonyl (C=O) groups is 1. The van der Waals surface area contributed by atoms with Gasteiger partial charge in [-0.05, 0) is 25.2 Å². The largest absolute Gasteiger partial charge is 0.377 e. The van der Waals surface area contributed by atoms with Crippen molar-refractivity contribution in [3.8, 4) is 0 Å². The Morgan fingerprint density at radius 2 is 2.40 bits per heavy atom. The number of anilines is 1. The zero-order valence-corrected chi connectivity index (χ0v) is 14.1. The molecule has 2 aromatic rings. The van der Waals surface area contributed by atoms with Crippen LogP contribution >= 0.6 is 0 Å². The minimum atomic E-state index is -0.350. The number of ether oxygens (including phenoxy) is 1. The van der Waals surface area contributed by atoms with Gasteiger partial charge in [-0.3, -0.25) is 5.32 Å². The van der Waals surface area contributed by atoms with Crippen LogP contribution in [0.15, 0.2) is 28.9 Å². The van der Waals surface area contributed by atoms with Crippen LogP contribution in [0.5, 0.6) is 0 Å². The van der Waals surface area contributed by atoms with Gasteiger partial charge in [-0.15, -0.1) is 0 Å². The lowest BCUT2D eigenvalue weighted by Gasteiger charge is -2.19. The summed E-state index contributed by atoms with van der Waals surface area (Å²) in [4.78, 5) is 16.2. The van der Waals surface area contributed by atoms with E-state index in [0.29, 0.717) is 23.5 Å². The molecule has 0 fully saturated rings. The molecule has 0 radical (unpaired) electrons. The third kappa shape index (κ3) is 4.90. The van der Waals surface area contributed by atoms with E-state index in [0.717, 1.165) is 25.8 Å². The molecule has 134 valence electrons. The first-order valence-electron chi connectivity index (χ1n) is 8.26. The molecule has 0 bridgehead atoms. The fourth-order valence-corrected chi connectivity index (χ4v) is 2.72. The highest BCUT2D eigenvalue weighted by atomic mass is 16.5. The lowest BCUT2D eigenvalue weighted by Crippen LogP contribution is -2.29. The van der Waals surface area contributed by atoms with Crippen molar-refractivity contribution in [3.63, 3.8) is 0 Å². The average Bonchev–Trinajstić information content (AvgIpc) is 3.24. The summed E-state index contributed by atoms with van der Waals surface area (Å²) < 4.78 is 11.8. The lowest BCUT2D eigenvalue weighted by atomic mass is 9.94. The smallest absolute Gasteiger partial charge is 0.320 e. The van der Waals surface area contributed by atoms with Crippen molar-refractivity contribution in [2.24, 2.45) is 5.92 Å². The summed E-state index contributed by atoms with van der Waals surface area (Å²) in [6.07, 6.45) is 9.39. The monoisotopic (exact) mass is 346 g/mol. The van der Waals surface area contributed by atoms with Crippen molar-refractivity contribution < 1.29 is 14.1 Å². The summed E-state index contributed by atoms with van der Waals surface area (Å²) in [7, 11) is 1.55. The Bertz CT molecular complexity index is 723. The third-order valence-electron chi connectivity index (χ3n) is 3.95. The molecule has 2 amide bonds.